The van der Waals surface area contributed by atoms with E-state index in [1.165, 1.54) is 0 Å². The number of hydrogen-bond donors (Lipinski definition) is 2. The molecule has 5 rings (SSSR count). The van der Waals surface area contributed by atoms with Crippen molar-refractivity contribution in [3.8, 4) is 17.2 Å². The van der Waals surface area contributed by atoms with Crippen LogP contribution in [0.1, 0.15) is 28.9 Å². The Labute approximate surface area is 208 Å². The number of nitrogens with zero attached hydrogens (tertiary/aromatic N) is 1. The van der Waals surface area contributed by atoms with E-state index in [-0.39, 0.29) is 11.8 Å². The number of hydrogen-bond acceptors (Lipinski definition) is 5. The molecule has 1 aromatic heterocycles. The van der Waals surface area contributed by atoms with Crippen LogP contribution in [-0.2, 0) is 0 Å². The fourth-order valence-electron chi connectivity index (χ4n) is 5.11. The predicted octanol–water partition coefficient (Wildman–Crippen LogP) is 5.76. The summed E-state index contributed by atoms with van der Waals surface area (Å²) in [6, 6.07) is 14.0. The van der Waals surface area contributed by atoms with Crippen LogP contribution in [0.25, 0.3) is 21.7 Å². The third-order valence-electron chi connectivity index (χ3n) is 6.62. The zero-order chi connectivity index (χ0) is 24.7. The molecule has 0 aliphatic carbocycles. The molecule has 35 heavy (non-hydrogen) atoms. The fraction of sp³-hybridized carbons (Fsp3) is 0.296. The van der Waals surface area contributed by atoms with Gasteiger partial charge in [-0.2, -0.15) is 0 Å². The highest BCUT2D eigenvalue weighted by molar-refractivity contribution is 6.19. The first-order valence-corrected chi connectivity index (χ1v) is 12.1. The highest BCUT2D eigenvalue weighted by atomic mass is 35.5. The SMILES string of the molecule is CCNc1cc2c(c3ccccc13)[C@H](CCl)CN2C(=O)c1cc2cc(OC)c(OC)c(OC)c2[nH]1. The minimum Gasteiger partial charge on any atom is -0.493 e. The molecule has 1 atom stereocenters. The zero-order valence-electron chi connectivity index (χ0n) is 20.2. The maximum atomic E-state index is 13.9. The molecule has 0 spiro atoms. The van der Waals surface area contributed by atoms with E-state index >= 15 is 0 Å². The first-order chi connectivity index (χ1) is 17.1. The van der Waals surface area contributed by atoms with Gasteiger partial charge in [-0.15, -0.1) is 11.6 Å². The van der Waals surface area contributed by atoms with Crippen molar-refractivity contribution < 1.29 is 19.0 Å². The molecule has 1 amide bonds. The Hall–Kier alpha value is -3.58. The van der Waals surface area contributed by atoms with Gasteiger partial charge in [-0.1, -0.05) is 24.3 Å². The first-order valence-electron chi connectivity index (χ1n) is 11.5. The van der Waals surface area contributed by atoms with Crippen LogP contribution in [0, 0.1) is 0 Å². The van der Waals surface area contributed by atoms with Crippen LogP contribution in [0.4, 0.5) is 11.4 Å². The summed E-state index contributed by atoms with van der Waals surface area (Å²) in [6.07, 6.45) is 0. The van der Waals surface area contributed by atoms with E-state index in [2.05, 4.69) is 35.4 Å². The van der Waals surface area contributed by atoms with E-state index in [0.717, 1.165) is 39.6 Å². The first kappa shape index (κ1) is 23.2. The normalized spacial score (nSPS) is 14.9. The van der Waals surface area contributed by atoms with Crippen molar-refractivity contribution in [2.24, 2.45) is 0 Å². The van der Waals surface area contributed by atoms with E-state index in [1.807, 2.05) is 29.2 Å². The second kappa shape index (κ2) is 9.23. The van der Waals surface area contributed by atoms with Gasteiger partial charge >= 0.3 is 0 Å². The van der Waals surface area contributed by atoms with Gasteiger partial charge in [-0.25, -0.2) is 0 Å². The van der Waals surface area contributed by atoms with Crippen LogP contribution < -0.4 is 24.4 Å². The maximum Gasteiger partial charge on any atom is 0.274 e. The van der Waals surface area contributed by atoms with E-state index in [9.17, 15) is 4.79 Å². The van der Waals surface area contributed by atoms with E-state index in [1.54, 1.807) is 21.3 Å². The smallest absolute Gasteiger partial charge is 0.274 e. The van der Waals surface area contributed by atoms with Gasteiger partial charge in [0.2, 0.25) is 5.75 Å². The Balaban J connectivity index is 1.65. The molecule has 3 aromatic carbocycles. The number of halogens is 1. The number of aromatic amines is 1. The van der Waals surface area contributed by atoms with Crippen molar-refractivity contribution in [2.75, 3.05) is 50.5 Å². The number of fused-ring (bicyclic) bond motifs is 4. The molecule has 0 bridgehead atoms. The quantitative estimate of drug-likeness (QED) is 0.320. The molecule has 0 saturated carbocycles. The Morgan fingerprint density at radius 2 is 1.83 bits per heavy atom. The highest BCUT2D eigenvalue weighted by Gasteiger charge is 2.35. The summed E-state index contributed by atoms with van der Waals surface area (Å²) >= 11 is 6.42. The van der Waals surface area contributed by atoms with Crippen LogP contribution in [0.2, 0.25) is 0 Å². The van der Waals surface area contributed by atoms with Gasteiger partial charge in [0, 0.05) is 41.3 Å². The predicted molar refractivity (Wildman–Crippen MR) is 141 cm³/mol. The third-order valence-corrected chi connectivity index (χ3v) is 6.99. The van der Waals surface area contributed by atoms with Crippen molar-refractivity contribution in [3.05, 3.63) is 53.7 Å². The molecule has 8 heteroatoms. The molecule has 1 aliphatic rings. The Morgan fingerprint density at radius 3 is 2.49 bits per heavy atom. The molecule has 0 saturated heterocycles. The molecule has 1 aliphatic heterocycles. The Morgan fingerprint density at radius 1 is 1.09 bits per heavy atom. The van der Waals surface area contributed by atoms with Crippen molar-refractivity contribution in [1.29, 1.82) is 0 Å². The number of alkyl halides is 1. The molecule has 2 N–H and O–H groups in total. The number of nitrogens with one attached hydrogen (secondary N) is 2. The van der Waals surface area contributed by atoms with Crippen LogP contribution in [-0.4, -0.2) is 51.2 Å². The minimum atomic E-state index is -0.132. The second-order valence-electron chi connectivity index (χ2n) is 8.49. The maximum absolute atomic E-state index is 13.9. The lowest BCUT2D eigenvalue weighted by Gasteiger charge is -2.19. The monoisotopic (exact) mass is 493 g/mol. The highest BCUT2D eigenvalue weighted by Crippen LogP contribution is 2.46. The standard InChI is InChI=1S/C27H28ClN3O4/c1-5-29-19-12-21-23(18-9-7-6-8-17(18)19)16(13-28)14-31(21)27(32)20-10-15-11-22(33-2)25(34-3)26(35-4)24(15)30-20/h6-12,16,29-30H,5,13-14H2,1-4H3/t16-/m1/s1. The number of anilines is 2. The summed E-state index contributed by atoms with van der Waals surface area (Å²) in [4.78, 5) is 19.0. The summed E-state index contributed by atoms with van der Waals surface area (Å²) in [6.45, 7) is 3.35. The molecular weight excluding hydrogens is 466 g/mol. The van der Waals surface area contributed by atoms with Crippen LogP contribution in [0.5, 0.6) is 17.2 Å². The molecule has 0 fully saturated rings. The minimum absolute atomic E-state index is 0.0373. The van der Waals surface area contributed by atoms with Gasteiger partial charge < -0.3 is 29.4 Å². The van der Waals surface area contributed by atoms with Crippen molar-refractivity contribution in [3.63, 3.8) is 0 Å². The average molecular weight is 494 g/mol. The molecular formula is C27H28ClN3O4. The van der Waals surface area contributed by atoms with E-state index in [0.29, 0.717) is 40.9 Å². The Kier molecular flexibility index (Phi) is 6.11. The van der Waals surface area contributed by atoms with E-state index in [4.69, 9.17) is 25.8 Å². The topological polar surface area (TPSA) is 75.8 Å². The van der Waals surface area contributed by atoms with Crippen molar-refractivity contribution >= 4 is 50.6 Å². The summed E-state index contributed by atoms with van der Waals surface area (Å²) in [5.41, 5.74) is 4.13. The van der Waals surface area contributed by atoms with Crippen LogP contribution in [0.15, 0.2) is 42.5 Å². The van der Waals surface area contributed by atoms with Gasteiger partial charge in [-0.05, 0) is 36.1 Å². The number of ether oxygens (including phenoxy) is 3. The lowest BCUT2D eigenvalue weighted by molar-refractivity contribution is 0.0984. The summed E-state index contributed by atoms with van der Waals surface area (Å²) in [5.74, 6) is 1.82. The number of amides is 1. The molecule has 7 nitrogen and oxygen atoms in total. The lowest BCUT2D eigenvalue weighted by Crippen LogP contribution is -2.30. The lowest BCUT2D eigenvalue weighted by atomic mass is 9.95. The van der Waals surface area contributed by atoms with Gasteiger partial charge in [0.25, 0.3) is 5.91 Å². The number of rotatable bonds is 7. The van der Waals surface area contributed by atoms with Gasteiger partial charge in [0.05, 0.1) is 32.5 Å². The van der Waals surface area contributed by atoms with E-state index < -0.39 is 0 Å². The third kappa shape index (κ3) is 3.62. The van der Waals surface area contributed by atoms with Crippen molar-refractivity contribution in [2.45, 2.75) is 12.8 Å². The van der Waals surface area contributed by atoms with Crippen LogP contribution >= 0.6 is 11.6 Å². The number of H-pyrrole nitrogens is 1. The summed E-state index contributed by atoms with van der Waals surface area (Å²) < 4.78 is 16.6. The number of benzene rings is 3. The van der Waals surface area contributed by atoms with Gasteiger partial charge in [0.15, 0.2) is 11.5 Å². The number of aromatic nitrogens is 1. The molecule has 182 valence electrons. The molecule has 2 heterocycles. The fourth-order valence-corrected chi connectivity index (χ4v) is 5.36. The van der Waals surface area contributed by atoms with Crippen molar-refractivity contribution in [1.82, 2.24) is 4.98 Å². The summed E-state index contributed by atoms with van der Waals surface area (Å²) in [5, 5.41) is 6.50. The number of carbonyl (C=O) groups excluding carboxylic acids is 1. The summed E-state index contributed by atoms with van der Waals surface area (Å²) in [7, 11) is 4.69. The number of methoxy groups -OCH3 is 3. The van der Waals surface area contributed by atoms with Gasteiger partial charge in [-0.3, -0.25) is 4.79 Å². The molecule has 4 aromatic rings. The average Bonchev–Trinajstić information content (AvgIpc) is 3.48. The van der Waals surface area contributed by atoms with Crippen LogP contribution in [0.3, 0.4) is 0 Å². The Bertz CT molecular complexity index is 1430. The zero-order valence-corrected chi connectivity index (χ0v) is 21.0. The molecule has 0 radical (unpaired) electrons. The second-order valence-corrected chi connectivity index (χ2v) is 8.80. The largest absolute Gasteiger partial charge is 0.493 e. The molecule has 0 unspecified atom stereocenters. The number of carbonyl (C=O) groups is 1. The van der Waals surface area contributed by atoms with Gasteiger partial charge in [0.1, 0.15) is 5.69 Å².